The van der Waals surface area contributed by atoms with Crippen molar-refractivity contribution in [3.05, 3.63) is 59.6 Å². The molecule has 0 saturated carbocycles. The van der Waals surface area contributed by atoms with Gasteiger partial charge in [0.1, 0.15) is 0 Å². The van der Waals surface area contributed by atoms with E-state index in [1.165, 1.54) is 32.3 Å². The van der Waals surface area contributed by atoms with E-state index in [0.29, 0.717) is 0 Å². The van der Waals surface area contributed by atoms with E-state index in [1.54, 1.807) is 0 Å². The topological polar surface area (TPSA) is 15.8 Å². The van der Waals surface area contributed by atoms with Gasteiger partial charge in [0.15, 0.2) is 0 Å². The Morgan fingerprint density at radius 2 is 2.00 bits per heavy atom. The predicted molar refractivity (Wildman–Crippen MR) is 73.3 cm³/mol. The lowest BCUT2D eigenvalue weighted by Crippen LogP contribution is -2.03. The van der Waals surface area contributed by atoms with Crippen LogP contribution in [0.1, 0.15) is 5.56 Å². The van der Waals surface area contributed by atoms with Crippen molar-refractivity contribution in [1.82, 2.24) is 4.98 Å². The molecule has 0 radical (unpaired) electrons. The first-order chi connectivity index (χ1) is 8.43. The van der Waals surface area contributed by atoms with Crippen LogP contribution in [0.15, 0.2) is 48.8 Å². The lowest BCUT2D eigenvalue weighted by Gasteiger charge is -2.04. The van der Waals surface area contributed by atoms with E-state index >= 15 is 0 Å². The molecule has 1 heteroatoms. The molecular weight excluding hydrogens is 206 g/mol. The third-order valence-corrected chi connectivity index (χ3v) is 3.43. The quantitative estimate of drug-likeness (QED) is 0.594. The normalized spacial score (nSPS) is 12.9. The average Bonchev–Trinajstić information content (AvgIpc) is 2.73. The van der Waals surface area contributed by atoms with E-state index in [1.807, 2.05) is 6.20 Å². The smallest absolute Gasteiger partial charge is 0.00840 e. The van der Waals surface area contributed by atoms with Crippen LogP contribution in [0, 0.1) is 0 Å². The Morgan fingerprint density at radius 3 is 3.00 bits per heavy atom. The zero-order valence-corrected chi connectivity index (χ0v) is 9.27. The summed E-state index contributed by atoms with van der Waals surface area (Å²) in [7, 11) is 0. The van der Waals surface area contributed by atoms with Crippen LogP contribution < -0.4 is 5.22 Å². The van der Waals surface area contributed by atoms with Gasteiger partial charge in [-0.3, -0.25) is 0 Å². The number of aromatic nitrogens is 1. The van der Waals surface area contributed by atoms with Crippen LogP contribution in [-0.2, 0) is 0 Å². The third kappa shape index (κ3) is 1.14. The van der Waals surface area contributed by atoms with Crippen molar-refractivity contribution in [2.45, 2.75) is 0 Å². The van der Waals surface area contributed by atoms with Crippen molar-refractivity contribution in [3.8, 4) is 0 Å². The molecule has 2 aromatic carbocycles. The van der Waals surface area contributed by atoms with Gasteiger partial charge in [-0.2, -0.15) is 0 Å². The molecule has 0 amide bonds. The van der Waals surface area contributed by atoms with E-state index in [4.69, 9.17) is 0 Å². The molecule has 17 heavy (non-hydrogen) atoms. The summed E-state index contributed by atoms with van der Waals surface area (Å²) in [5.41, 5.74) is 1.32. The van der Waals surface area contributed by atoms with Crippen LogP contribution in [0.25, 0.3) is 33.7 Å². The molecule has 0 bridgehead atoms. The summed E-state index contributed by atoms with van der Waals surface area (Å²) in [6.07, 6.45) is 10.5. The Labute approximate surface area is 98.7 Å². The zero-order chi connectivity index (χ0) is 11.2. The Kier molecular flexibility index (Phi) is 1.61. The first-order valence-electron chi connectivity index (χ1n) is 5.80. The van der Waals surface area contributed by atoms with Gasteiger partial charge in [0, 0.05) is 12.4 Å². The van der Waals surface area contributed by atoms with E-state index in [-0.39, 0.29) is 0 Å². The van der Waals surface area contributed by atoms with Crippen LogP contribution in [0.5, 0.6) is 0 Å². The lowest BCUT2D eigenvalue weighted by atomic mass is 9.99. The molecule has 0 saturated heterocycles. The average molecular weight is 217 g/mol. The van der Waals surface area contributed by atoms with Crippen LogP contribution in [0.3, 0.4) is 0 Å². The minimum absolute atomic E-state index is 1.26. The minimum Gasteiger partial charge on any atom is -0.367 e. The number of hydrogen-bond donors (Lipinski definition) is 1. The van der Waals surface area contributed by atoms with Crippen molar-refractivity contribution in [3.63, 3.8) is 0 Å². The van der Waals surface area contributed by atoms with Crippen LogP contribution in [0.4, 0.5) is 0 Å². The summed E-state index contributed by atoms with van der Waals surface area (Å²) in [6, 6.07) is 10.9. The maximum absolute atomic E-state index is 3.20. The van der Waals surface area contributed by atoms with Crippen LogP contribution in [0.2, 0.25) is 0 Å². The number of H-pyrrole nitrogens is 1. The third-order valence-electron chi connectivity index (χ3n) is 3.43. The summed E-state index contributed by atoms with van der Waals surface area (Å²) in [6.45, 7) is 0. The summed E-state index contributed by atoms with van der Waals surface area (Å²) in [5.74, 6) is 0. The van der Waals surface area contributed by atoms with E-state index in [2.05, 4.69) is 59.7 Å². The SMILES string of the molecule is C1=Cc2cc3cc[nH]cc4cccc(c2=C1)c43. The summed E-state index contributed by atoms with van der Waals surface area (Å²) in [5, 5.41) is 6.56. The molecule has 0 unspecified atom stereocenters. The number of hydrogen-bond acceptors (Lipinski definition) is 0. The number of fused-ring (bicyclic) bond motifs is 2. The van der Waals surface area contributed by atoms with Crippen molar-refractivity contribution < 1.29 is 0 Å². The largest absolute Gasteiger partial charge is 0.367 e. The fourth-order valence-corrected chi connectivity index (χ4v) is 2.69. The van der Waals surface area contributed by atoms with Gasteiger partial charge in [0.05, 0.1) is 0 Å². The molecule has 0 spiro atoms. The van der Waals surface area contributed by atoms with E-state index in [9.17, 15) is 0 Å². The molecule has 1 aliphatic rings. The fraction of sp³-hybridized carbons (Fsp3) is 0. The van der Waals surface area contributed by atoms with Gasteiger partial charge in [-0.15, -0.1) is 0 Å². The number of allylic oxidation sites excluding steroid dienone is 1. The van der Waals surface area contributed by atoms with Crippen LogP contribution >= 0.6 is 0 Å². The van der Waals surface area contributed by atoms with Crippen molar-refractivity contribution in [2.24, 2.45) is 0 Å². The molecule has 0 atom stereocenters. The Bertz CT molecular complexity index is 835. The zero-order valence-electron chi connectivity index (χ0n) is 9.27. The highest BCUT2D eigenvalue weighted by Gasteiger charge is 2.06. The maximum atomic E-state index is 3.20. The minimum atomic E-state index is 1.26. The molecular formula is C16H11N. The second kappa shape index (κ2) is 3.11. The molecule has 1 heterocycles. The van der Waals surface area contributed by atoms with E-state index in [0.717, 1.165) is 0 Å². The second-order valence-corrected chi connectivity index (χ2v) is 4.41. The maximum Gasteiger partial charge on any atom is 0.00840 e. The molecule has 3 aromatic rings. The van der Waals surface area contributed by atoms with Gasteiger partial charge in [-0.05, 0) is 44.5 Å². The first-order valence-corrected chi connectivity index (χ1v) is 5.80. The molecule has 4 rings (SSSR count). The van der Waals surface area contributed by atoms with E-state index < -0.39 is 0 Å². The van der Waals surface area contributed by atoms with Crippen molar-refractivity contribution in [1.29, 1.82) is 0 Å². The fourth-order valence-electron chi connectivity index (χ4n) is 2.69. The van der Waals surface area contributed by atoms with Gasteiger partial charge in [-0.25, -0.2) is 0 Å². The number of benzene rings is 2. The van der Waals surface area contributed by atoms with Crippen molar-refractivity contribution in [2.75, 3.05) is 0 Å². The number of nitrogens with one attached hydrogen (secondary N) is 1. The standard InChI is InChI=1S/C16H11N/c1-3-11-9-12-7-8-17-10-13-4-2-6-15(16(12)13)14(11)5-1/h1-10,17H. The lowest BCUT2D eigenvalue weighted by molar-refractivity contribution is 1.39. The van der Waals surface area contributed by atoms with Gasteiger partial charge in [-0.1, -0.05) is 36.4 Å². The van der Waals surface area contributed by atoms with Crippen LogP contribution in [-0.4, -0.2) is 4.98 Å². The molecule has 1 nitrogen and oxygen atoms in total. The Hall–Kier alpha value is -2.28. The highest BCUT2D eigenvalue weighted by atomic mass is 14.6. The highest BCUT2D eigenvalue weighted by Crippen LogP contribution is 2.25. The predicted octanol–water partition coefficient (Wildman–Crippen LogP) is 3.41. The van der Waals surface area contributed by atoms with Gasteiger partial charge in [0.2, 0.25) is 0 Å². The number of aromatic amines is 1. The Morgan fingerprint density at radius 1 is 1.00 bits per heavy atom. The summed E-state index contributed by atoms with van der Waals surface area (Å²) < 4.78 is 0. The molecule has 0 aliphatic heterocycles. The second-order valence-electron chi connectivity index (χ2n) is 4.41. The Balaban J connectivity index is 2.44. The molecule has 0 fully saturated rings. The number of rotatable bonds is 0. The highest BCUT2D eigenvalue weighted by molar-refractivity contribution is 6.11. The molecule has 1 aliphatic carbocycles. The van der Waals surface area contributed by atoms with Gasteiger partial charge >= 0.3 is 0 Å². The monoisotopic (exact) mass is 217 g/mol. The summed E-state index contributed by atoms with van der Waals surface area (Å²) >= 11 is 0. The molecule has 1 aromatic heterocycles. The van der Waals surface area contributed by atoms with Gasteiger partial charge in [0.25, 0.3) is 0 Å². The first kappa shape index (κ1) is 8.82. The van der Waals surface area contributed by atoms with Gasteiger partial charge < -0.3 is 4.98 Å². The molecule has 80 valence electrons. The summed E-state index contributed by atoms with van der Waals surface area (Å²) in [4.78, 5) is 3.20. The molecule has 1 N–H and O–H groups in total. The van der Waals surface area contributed by atoms with Crippen molar-refractivity contribution >= 4 is 33.7 Å².